The molecule has 0 radical (unpaired) electrons. The van der Waals surface area contributed by atoms with E-state index in [4.69, 9.17) is 4.74 Å². The van der Waals surface area contributed by atoms with E-state index in [0.717, 1.165) is 22.2 Å². The summed E-state index contributed by atoms with van der Waals surface area (Å²) in [4.78, 5) is 12.1. The maximum atomic E-state index is 12.1. The average molecular weight is 292 g/mol. The van der Waals surface area contributed by atoms with Crippen LogP contribution in [-0.4, -0.2) is 13.1 Å². The Balaban J connectivity index is 1.75. The highest BCUT2D eigenvalue weighted by atomic mass is 16.5. The van der Waals surface area contributed by atoms with Crippen LogP contribution >= 0.6 is 0 Å². The number of fused-ring (bicyclic) bond motifs is 1. The first kappa shape index (κ1) is 13.9. The molecular formula is C18H16N2O2. The van der Waals surface area contributed by atoms with E-state index in [1.54, 1.807) is 31.4 Å². The number of anilines is 2. The third-order valence-electron chi connectivity index (χ3n) is 3.39. The highest BCUT2D eigenvalue weighted by Crippen LogP contribution is 2.23. The van der Waals surface area contributed by atoms with Gasteiger partial charge in [0.2, 0.25) is 0 Å². The Kier molecular flexibility index (Phi) is 3.92. The fourth-order valence-electron chi connectivity index (χ4n) is 2.29. The first-order chi connectivity index (χ1) is 10.8. The molecule has 2 N–H and O–H groups in total. The number of carbonyl (C=O) groups is 1. The molecule has 0 fully saturated rings. The van der Waals surface area contributed by atoms with Gasteiger partial charge in [0.1, 0.15) is 5.75 Å². The number of ether oxygens (including phenoxy) is 1. The van der Waals surface area contributed by atoms with Gasteiger partial charge in [0, 0.05) is 11.1 Å². The second-order valence-corrected chi connectivity index (χ2v) is 4.83. The van der Waals surface area contributed by atoms with Crippen LogP contribution in [0.25, 0.3) is 10.8 Å². The van der Waals surface area contributed by atoms with E-state index < -0.39 is 0 Å². The minimum Gasteiger partial charge on any atom is -0.497 e. The van der Waals surface area contributed by atoms with Crippen molar-refractivity contribution in [3.05, 3.63) is 66.7 Å². The zero-order valence-corrected chi connectivity index (χ0v) is 12.2. The van der Waals surface area contributed by atoms with Crippen LogP contribution in [0.5, 0.6) is 5.75 Å². The van der Waals surface area contributed by atoms with Crippen molar-refractivity contribution in [1.29, 1.82) is 0 Å². The first-order valence-corrected chi connectivity index (χ1v) is 6.96. The van der Waals surface area contributed by atoms with Crippen LogP contribution < -0.4 is 15.4 Å². The SMILES string of the molecule is COc1ccc(NC(=O)Nc2cccc3ccccc23)cc1. The normalized spacial score (nSPS) is 10.2. The molecule has 3 aromatic rings. The van der Waals surface area contributed by atoms with Gasteiger partial charge in [-0.15, -0.1) is 0 Å². The fraction of sp³-hybridized carbons (Fsp3) is 0.0556. The van der Waals surface area contributed by atoms with Crippen LogP contribution in [-0.2, 0) is 0 Å². The van der Waals surface area contributed by atoms with Gasteiger partial charge in [-0.25, -0.2) is 4.79 Å². The fourth-order valence-corrected chi connectivity index (χ4v) is 2.29. The number of amides is 2. The molecule has 0 unspecified atom stereocenters. The number of urea groups is 1. The van der Waals surface area contributed by atoms with Crippen molar-refractivity contribution in [2.75, 3.05) is 17.7 Å². The number of rotatable bonds is 3. The zero-order valence-electron chi connectivity index (χ0n) is 12.2. The van der Waals surface area contributed by atoms with Gasteiger partial charge >= 0.3 is 6.03 Å². The van der Waals surface area contributed by atoms with E-state index in [1.807, 2.05) is 42.5 Å². The van der Waals surface area contributed by atoms with E-state index in [2.05, 4.69) is 10.6 Å². The van der Waals surface area contributed by atoms with E-state index in [-0.39, 0.29) is 6.03 Å². The van der Waals surface area contributed by atoms with Crippen LogP contribution in [0.4, 0.5) is 16.2 Å². The van der Waals surface area contributed by atoms with Crippen molar-refractivity contribution < 1.29 is 9.53 Å². The van der Waals surface area contributed by atoms with E-state index in [1.165, 1.54) is 0 Å². The number of hydrogen-bond acceptors (Lipinski definition) is 2. The topological polar surface area (TPSA) is 50.4 Å². The molecule has 0 aromatic heterocycles. The first-order valence-electron chi connectivity index (χ1n) is 6.96. The predicted molar refractivity (Wildman–Crippen MR) is 89.6 cm³/mol. The van der Waals surface area contributed by atoms with Crippen molar-refractivity contribution in [2.24, 2.45) is 0 Å². The van der Waals surface area contributed by atoms with Gasteiger partial charge < -0.3 is 15.4 Å². The van der Waals surface area contributed by atoms with Gasteiger partial charge in [0.25, 0.3) is 0 Å². The Hall–Kier alpha value is -3.01. The summed E-state index contributed by atoms with van der Waals surface area (Å²) < 4.78 is 5.09. The summed E-state index contributed by atoms with van der Waals surface area (Å²) in [6, 6.07) is 20.7. The lowest BCUT2D eigenvalue weighted by Crippen LogP contribution is -2.19. The Morgan fingerprint density at radius 1 is 0.864 bits per heavy atom. The monoisotopic (exact) mass is 292 g/mol. The summed E-state index contributed by atoms with van der Waals surface area (Å²) in [5.41, 5.74) is 1.49. The molecule has 0 aliphatic rings. The van der Waals surface area contributed by atoms with Crippen molar-refractivity contribution in [3.8, 4) is 5.75 Å². The van der Waals surface area contributed by atoms with Crippen molar-refractivity contribution >= 4 is 28.2 Å². The summed E-state index contributed by atoms with van der Waals surface area (Å²) in [5, 5.41) is 7.78. The minimum atomic E-state index is -0.276. The van der Waals surface area contributed by atoms with Crippen LogP contribution in [0.1, 0.15) is 0 Å². The standard InChI is InChI=1S/C18H16N2O2/c1-22-15-11-9-14(10-12-15)19-18(21)20-17-8-4-6-13-5-2-3-7-16(13)17/h2-12H,1H3,(H2,19,20,21). The van der Waals surface area contributed by atoms with Crippen LogP contribution in [0.3, 0.4) is 0 Å². The lowest BCUT2D eigenvalue weighted by atomic mass is 10.1. The summed E-state index contributed by atoms with van der Waals surface area (Å²) in [6.07, 6.45) is 0. The number of hydrogen-bond donors (Lipinski definition) is 2. The van der Waals surface area contributed by atoms with E-state index in [9.17, 15) is 4.79 Å². The molecule has 110 valence electrons. The molecule has 0 aliphatic heterocycles. The quantitative estimate of drug-likeness (QED) is 0.747. The van der Waals surface area contributed by atoms with Gasteiger partial charge in [-0.1, -0.05) is 36.4 Å². The van der Waals surface area contributed by atoms with Crippen molar-refractivity contribution in [2.45, 2.75) is 0 Å². The summed E-state index contributed by atoms with van der Waals surface area (Å²) >= 11 is 0. The van der Waals surface area contributed by atoms with Crippen molar-refractivity contribution in [1.82, 2.24) is 0 Å². The molecule has 3 aromatic carbocycles. The van der Waals surface area contributed by atoms with Gasteiger partial charge in [-0.05, 0) is 35.7 Å². The van der Waals surface area contributed by atoms with Gasteiger partial charge in [-0.3, -0.25) is 0 Å². The Morgan fingerprint density at radius 2 is 1.59 bits per heavy atom. The molecule has 2 amide bonds. The molecule has 0 bridgehead atoms. The highest BCUT2D eigenvalue weighted by molar-refractivity contribution is 6.06. The molecule has 3 rings (SSSR count). The average Bonchev–Trinajstić information content (AvgIpc) is 2.56. The van der Waals surface area contributed by atoms with E-state index >= 15 is 0 Å². The van der Waals surface area contributed by atoms with E-state index in [0.29, 0.717) is 5.69 Å². The molecule has 0 heterocycles. The summed E-state index contributed by atoms with van der Waals surface area (Å²) in [7, 11) is 1.61. The maximum absolute atomic E-state index is 12.1. The number of methoxy groups -OCH3 is 1. The Bertz CT molecular complexity index is 792. The molecular weight excluding hydrogens is 276 g/mol. The van der Waals surface area contributed by atoms with Gasteiger partial charge in [-0.2, -0.15) is 0 Å². The molecule has 22 heavy (non-hydrogen) atoms. The van der Waals surface area contributed by atoms with Crippen LogP contribution in [0.2, 0.25) is 0 Å². The van der Waals surface area contributed by atoms with Gasteiger partial charge in [0.15, 0.2) is 0 Å². The second kappa shape index (κ2) is 6.18. The number of nitrogens with one attached hydrogen (secondary N) is 2. The lowest BCUT2D eigenvalue weighted by molar-refractivity contribution is 0.262. The molecule has 0 saturated carbocycles. The number of carbonyl (C=O) groups excluding carboxylic acids is 1. The molecule has 4 heteroatoms. The number of benzene rings is 3. The smallest absolute Gasteiger partial charge is 0.323 e. The summed E-state index contributed by atoms with van der Waals surface area (Å²) in [6.45, 7) is 0. The molecule has 0 aliphatic carbocycles. The molecule has 0 spiro atoms. The van der Waals surface area contributed by atoms with Crippen molar-refractivity contribution in [3.63, 3.8) is 0 Å². The van der Waals surface area contributed by atoms with Crippen LogP contribution in [0.15, 0.2) is 66.7 Å². The minimum absolute atomic E-state index is 0.276. The molecule has 0 saturated heterocycles. The Labute approximate surface area is 128 Å². The molecule has 4 nitrogen and oxygen atoms in total. The van der Waals surface area contributed by atoms with Crippen LogP contribution in [0, 0.1) is 0 Å². The highest BCUT2D eigenvalue weighted by Gasteiger charge is 2.05. The Morgan fingerprint density at radius 3 is 2.36 bits per heavy atom. The second-order valence-electron chi connectivity index (χ2n) is 4.83. The molecule has 0 atom stereocenters. The summed E-state index contributed by atoms with van der Waals surface area (Å²) in [5.74, 6) is 0.750. The largest absolute Gasteiger partial charge is 0.497 e. The predicted octanol–water partition coefficient (Wildman–Crippen LogP) is 4.49. The third-order valence-corrected chi connectivity index (χ3v) is 3.39. The zero-order chi connectivity index (χ0) is 15.4. The lowest BCUT2D eigenvalue weighted by Gasteiger charge is -2.10. The van der Waals surface area contributed by atoms with Gasteiger partial charge in [0.05, 0.1) is 12.8 Å². The third kappa shape index (κ3) is 3.01. The maximum Gasteiger partial charge on any atom is 0.323 e.